The number of nitrogens with zero attached hydrogens (tertiary/aromatic N) is 2. The third-order valence-corrected chi connectivity index (χ3v) is 4.47. The van der Waals surface area contributed by atoms with Crippen molar-refractivity contribution >= 4 is 34.0 Å². The molecule has 0 saturated heterocycles. The van der Waals surface area contributed by atoms with Gasteiger partial charge in [-0.25, -0.2) is 4.98 Å². The average Bonchev–Trinajstić information content (AvgIpc) is 3.11. The fourth-order valence-corrected chi connectivity index (χ4v) is 3.14. The van der Waals surface area contributed by atoms with Gasteiger partial charge in [0.1, 0.15) is 0 Å². The maximum Gasteiger partial charge on any atom is 0.203 e. The third-order valence-electron chi connectivity index (χ3n) is 2.69. The van der Waals surface area contributed by atoms with Gasteiger partial charge >= 0.3 is 0 Å². The molecule has 1 N–H and O–H groups in total. The molecule has 2 heterocycles. The number of anilines is 1. The van der Waals surface area contributed by atoms with Crippen molar-refractivity contribution in [1.82, 2.24) is 4.98 Å². The summed E-state index contributed by atoms with van der Waals surface area (Å²) in [7, 11) is 0. The maximum atomic E-state index is 4.30. The number of nitrogens with one attached hydrogen (secondary N) is 1. The van der Waals surface area contributed by atoms with Crippen LogP contribution in [-0.4, -0.2) is 11.2 Å². The van der Waals surface area contributed by atoms with E-state index in [0.29, 0.717) is 0 Å². The Morgan fingerprint density at radius 1 is 1.20 bits per heavy atom. The average molecular weight is 299 g/mol. The summed E-state index contributed by atoms with van der Waals surface area (Å²) in [5, 5.41) is 9.12. The summed E-state index contributed by atoms with van der Waals surface area (Å²) >= 11 is 3.29. The molecular weight excluding hydrogens is 286 g/mol. The molecule has 0 fully saturated rings. The van der Waals surface area contributed by atoms with Crippen molar-refractivity contribution in [1.29, 1.82) is 0 Å². The first-order valence-corrected chi connectivity index (χ1v) is 7.92. The fraction of sp³-hybridized carbons (Fsp3) is 0.0667. The number of hydrazone groups is 1. The first kappa shape index (κ1) is 13.0. The molecule has 0 saturated carbocycles. The van der Waals surface area contributed by atoms with Crippen LogP contribution in [0.5, 0.6) is 0 Å². The molecule has 0 unspecified atom stereocenters. The fourth-order valence-electron chi connectivity index (χ4n) is 1.78. The zero-order chi connectivity index (χ0) is 13.8. The number of thiophene rings is 1. The monoisotopic (exact) mass is 299 g/mol. The Morgan fingerprint density at radius 2 is 2.15 bits per heavy atom. The van der Waals surface area contributed by atoms with Gasteiger partial charge in [0.2, 0.25) is 5.13 Å². The lowest BCUT2D eigenvalue weighted by molar-refractivity contribution is 1.22. The molecule has 2 aromatic heterocycles. The second-order valence-corrected chi connectivity index (χ2v) is 6.07. The zero-order valence-corrected chi connectivity index (χ0v) is 12.5. The lowest BCUT2D eigenvalue weighted by Crippen LogP contribution is -1.90. The van der Waals surface area contributed by atoms with Crippen molar-refractivity contribution in [2.24, 2.45) is 5.10 Å². The van der Waals surface area contributed by atoms with E-state index in [1.54, 1.807) is 22.7 Å². The van der Waals surface area contributed by atoms with Gasteiger partial charge in [-0.15, -0.1) is 22.7 Å². The van der Waals surface area contributed by atoms with Gasteiger partial charge in [0.15, 0.2) is 0 Å². The Balaban J connectivity index is 1.73. The summed E-state index contributed by atoms with van der Waals surface area (Å²) in [5.74, 6) is 0. The van der Waals surface area contributed by atoms with Crippen LogP contribution >= 0.6 is 22.7 Å². The Kier molecular flexibility index (Phi) is 3.90. The van der Waals surface area contributed by atoms with Gasteiger partial charge in [0, 0.05) is 10.3 Å². The number of hydrogen-bond acceptors (Lipinski definition) is 5. The van der Waals surface area contributed by atoms with Crippen LogP contribution in [-0.2, 0) is 0 Å². The van der Waals surface area contributed by atoms with Crippen LogP contribution in [0.25, 0.3) is 10.4 Å². The first-order valence-electron chi connectivity index (χ1n) is 6.16. The highest BCUT2D eigenvalue weighted by atomic mass is 32.1. The normalized spacial score (nSPS) is 11.1. The summed E-state index contributed by atoms with van der Waals surface area (Å²) in [6, 6.07) is 12.5. The van der Waals surface area contributed by atoms with Gasteiger partial charge in [0.05, 0.1) is 11.9 Å². The lowest BCUT2D eigenvalue weighted by Gasteiger charge is -1.99. The summed E-state index contributed by atoms with van der Waals surface area (Å²) in [6.45, 7) is 1.97. The standard InChI is InChI=1S/C15H13N3S2/c1-11-10-20-15(17-11)18-16-9-12-4-2-5-13(8-12)14-6-3-7-19-14/h2-10H,1H3,(H,17,18). The predicted octanol–water partition coefficient (Wildman–Crippen LogP) is 4.63. The molecule has 0 atom stereocenters. The molecule has 100 valence electrons. The minimum absolute atomic E-state index is 0.813. The summed E-state index contributed by atoms with van der Waals surface area (Å²) in [6.07, 6.45) is 1.81. The van der Waals surface area contributed by atoms with Gasteiger partial charge in [0.25, 0.3) is 0 Å². The van der Waals surface area contributed by atoms with Crippen LogP contribution < -0.4 is 5.43 Å². The molecule has 0 aliphatic rings. The van der Waals surface area contributed by atoms with Crippen molar-refractivity contribution in [3.63, 3.8) is 0 Å². The van der Waals surface area contributed by atoms with Crippen molar-refractivity contribution in [3.8, 4) is 10.4 Å². The van der Waals surface area contributed by atoms with Gasteiger partial charge in [-0.1, -0.05) is 24.3 Å². The van der Waals surface area contributed by atoms with E-state index in [-0.39, 0.29) is 0 Å². The second kappa shape index (κ2) is 5.98. The van der Waals surface area contributed by atoms with Gasteiger partial charge in [-0.2, -0.15) is 5.10 Å². The highest BCUT2D eigenvalue weighted by molar-refractivity contribution is 7.13. The van der Waals surface area contributed by atoms with E-state index in [0.717, 1.165) is 16.4 Å². The minimum atomic E-state index is 0.813. The van der Waals surface area contributed by atoms with Gasteiger partial charge in [-0.3, -0.25) is 5.43 Å². The van der Waals surface area contributed by atoms with Crippen molar-refractivity contribution in [2.45, 2.75) is 6.92 Å². The topological polar surface area (TPSA) is 37.3 Å². The Bertz CT molecular complexity index is 714. The third kappa shape index (κ3) is 3.12. The molecule has 0 amide bonds. The molecule has 3 rings (SSSR count). The van der Waals surface area contributed by atoms with Crippen molar-refractivity contribution < 1.29 is 0 Å². The number of hydrogen-bond donors (Lipinski definition) is 1. The quantitative estimate of drug-likeness (QED) is 0.563. The summed E-state index contributed by atoms with van der Waals surface area (Å²) in [5.41, 5.74) is 6.24. The number of rotatable bonds is 4. The van der Waals surface area contributed by atoms with Crippen molar-refractivity contribution in [3.05, 3.63) is 58.4 Å². The highest BCUT2D eigenvalue weighted by Gasteiger charge is 1.99. The van der Waals surface area contributed by atoms with E-state index in [1.165, 1.54) is 10.4 Å². The van der Waals surface area contributed by atoms with Crippen LogP contribution in [0, 0.1) is 6.92 Å². The molecule has 0 aliphatic heterocycles. The van der Waals surface area contributed by atoms with E-state index < -0.39 is 0 Å². The molecule has 0 aliphatic carbocycles. The molecule has 1 aromatic carbocycles. The number of thiazole rings is 1. The van der Waals surface area contributed by atoms with E-state index in [2.05, 4.69) is 45.2 Å². The van der Waals surface area contributed by atoms with Crippen LogP contribution in [0.4, 0.5) is 5.13 Å². The van der Waals surface area contributed by atoms with Gasteiger partial charge in [-0.05, 0) is 35.6 Å². The summed E-state index contributed by atoms with van der Waals surface area (Å²) < 4.78 is 0. The van der Waals surface area contributed by atoms with E-state index in [4.69, 9.17) is 0 Å². The molecule has 20 heavy (non-hydrogen) atoms. The molecule has 0 radical (unpaired) electrons. The number of aryl methyl sites for hydroxylation is 1. The summed E-state index contributed by atoms with van der Waals surface area (Å²) in [4.78, 5) is 5.56. The van der Waals surface area contributed by atoms with Crippen LogP contribution in [0.1, 0.15) is 11.3 Å². The van der Waals surface area contributed by atoms with E-state index in [9.17, 15) is 0 Å². The van der Waals surface area contributed by atoms with Crippen LogP contribution in [0.2, 0.25) is 0 Å². The van der Waals surface area contributed by atoms with Gasteiger partial charge < -0.3 is 0 Å². The molecule has 3 aromatic rings. The SMILES string of the molecule is Cc1csc(NN=Cc2cccc(-c3cccs3)c2)n1. The molecule has 5 heteroatoms. The highest BCUT2D eigenvalue weighted by Crippen LogP contribution is 2.24. The van der Waals surface area contributed by atoms with E-state index in [1.807, 2.05) is 30.7 Å². The smallest absolute Gasteiger partial charge is 0.203 e. The Morgan fingerprint density at radius 3 is 2.90 bits per heavy atom. The lowest BCUT2D eigenvalue weighted by atomic mass is 10.1. The molecule has 0 spiro atoms. The van der Waals surface area contributed by atoms with Crippen LogP contribution in [0.15, 0.2) is 52.3 Å². The Hall–Kier alpha value is -1.98. The predicted molar refractivity (Wildman–Crippen MR) is 87.8 cm³/mol. The second-order valence-electron chi connectivity index (χ2n) is 4.27. The molecule has 0 bridgehead atoms. The molecular formula is C15H13N3S2. The molecule has 3 nitrogen and oxygen atoms in total. The number of benzene rings is 1. The largest absolute Gasteiger partial charge is 0.253 e. The maximum absolute atomic E-state index is 4.30. The Labute approximate surface area is 125 Å². The number of aromatic nitrogens is 1. The zero-order valence-electron chi connectivity index (χ0n) is 10.9. The first-order chi connectivity index (χ1) is 9.81. The minimum Gasteiger partial charge on any atom is -0.253 e. The van der Waals surface area contributed by atoms with Crippen molar-refractivity contribution in [2.75, 3.05) is 5.43 Å². The van der Waals surface area contributed by atoms with Crippen LogP contribution in [0.3, 0.4) is 0 Å². The van der Waals surface area contributed by atoms with E-state index >= 15 is 0 Å².